The SMILES string of the molecule is COc1ccc(C2/C(=C(/O)c3ccc(OC)cc3C)C(=O)C(=O)N2c2cccc(C)c2)cc1. The first-order valence-electron chi connectivity index (χ1n) is 10.5. The number of aliphatic hydroxyl groups excluding tert-OH is 1. The summed E-state index contributed by atoms with van der Waals surface area (Å²) in [6, 6.07) is 18.9. The first kappa shape index (κ1) is 22.1. The fraction of sp³-hybridized carbons (Fsp3) is 0.185. The Hall–Kier alpha value is -4.06. The molecular weight excluding hydrogens is 418 g/mol. The lowest BCUT2D eigenvalue weighted by molar-refractivity contribution is -0.132. The molecule has 1 aliphatic rings. The molecule has 0 aliphatic carbocycles. The van der Waals surface area contributed by atoms with Crippen LogP contribution in [0.25, 0.3) is 5.76 Å². The fourth-order valence-electron chi connectivity index (χ4n) is 4.15. The highest BCUT2D eigenvalue weighted by molar-refractivity contribution is 6.51. The van der Waals surface area contributed by atoms with E-state index < -0.39 is 17.7 Å². The molecule has 0 radical (unpaired) electrons. The number of carbonyl (C=O) groups is 2. The molecule has 1 saturated heterocycles. The largest absolute Gasteiger partial charge is 0.507 e. The van der Waals surface area contributed by atoms with Crippen molar-refractivity contribution < 1.29 is 24.2 Å². The third-order valence-corrected chi connectivity index (χ3v) is 5.84. The van der Waals surface area contributed by atoms with Crippen LogP contribution in [0.2, 0.25) is 0 Å². The number of carbonyl (C=O) groups excluding carboxylic acids is 2. The van der Waals surface area contributed by atoms with Crippen LogP contribution in [0.4, 0.5) is 5.69 Å². The minimum absolute atomic E-state index is 0.0416. The molecule has 1 amide bonds. The molecule has 0 aromatic heterocycles. The molecule has 1 fully saturated rings. The number of rotatable bonds is 5. The highest BCUT2D eigenvalue weighted by Gasteiger charge is 2.47. The maximum atomic E-state index is 13.3. The Bertz CT molecular complexity index is 1260. The van der Waals surface area contributed by atoms with Gasteiger partial charge < -0.3 is 14.6 Å². The maximum Gasteiger partial charge on any atom is 0.300 e. The Morgan fingerprint density at radius 3 is 2.15 bits per heavy atom. The number of hydrogen-bond acceptors (Lipinski definition) is 5. The van der Waals surface area contributed by atoms with Crippen LogP contribution >= 0.6 is 0 Å². The van der Waals surface area contributed by atoms with Crippen molar-refractivity contribution in [3.8, 4) is 11.5 Å². The summed E-state index contributed by atoms with van der Waals surface area (Å²) in [6.07, 6.45) is 0. The number of ketones is 1. The summed E-state index contributed by atoms with van der Waals surface area (Å²) in [5.74, 6) is -0.350. The van der Waals surface area contributed by atoms with Gasteiger partial charge in [0.1, 0.15) is 17.3 Å². The van der Waals surface area contributed by atoms with Crippen LogP contribution in [0.15, 0.2) is 72.3 Å². The van der Waals surface area contributed by atoms with Crippen LogP contribution in [-0.2, 0) is 9.59 Å². The number of ether oxygens (including phenoxy) is 2. The zero-order valence-electron chi connectivity index (χ0n) is 19.0. The van der Waals surface area contributed by atoms with Crippen LogP contribution in [0, 0.1) is 13.8 Å². The van der Waals surface area contributed by atoms with E-state index in [2.05, 4.69) is 0 Å². The summed E-state index contributed by atoms with van der Waals surface area (Å²) in [5.41, 5.74) is 3.46. The summed E-state index contributed by atoms with van der Waals surface area (Å²) < 4.78 is 10.5. The molecule has 168 valence electrons. The second-order valence-electron chi connectivity index (χ2n) is 7.96. The van der Waals surface area contributed by atoms with Crippen molar-refractivity contribution in [3.63, 3.8) is 0 Å². The number of benzene rings is 3. The van der Waals surface area contributed by atoms with Crippen molar-refractivity contribution in [2.24, 2.45) is 0 Å². The van der Waals surface area contributed by atoms with Crippen LogP contribution < -0.4 is 14.4 Å². The summed E-state index contributed by atoms with van der Waals surface area (Å²) in [6.45, 7) is 3.74. The van der Waals surface area contributed by atoms with Gasteiger partial charge in [-0.05, 0) is 73.0 Å². The number of aryl methyl sites for hydroxylation is 2. The quantitative estimate of drug-likeness (QED) is 0.343. The van der Waals surface area contributed by atoms with Gasteiger partial charge in [-0.1, -0.05) is 24.3 Å². The Morgan fingerprint density at radius 1 is 0.879 bits per heavy atom. The molecular formula is C27H25NO5. The first-order valence-corrected chi connectivity index (χ1v) is 10.5. The summed E-state index contributed by atoms with van der Waals surface area (Å²) in [5, 5.41) is 11.3. The van der Waals surface area contributed by atoms with E-state index in [1.54, 1.807) is 62.8 Å². The Balaban J connectivity index is 1.94. The number of anilines is 1. The van der Waals surface area contributed by atoms with Gasteiger partial charge in [0.15, 0.2) is 0 Å². The number of Topliss-reactive ketones (excluding diaryl/α,β-unsaturated/α-hetero) is 1. The summed E-state index contributed by atoms with van der Waals surface area (Å²) in [7, 11) is 3.13. The minimum Gasteiger partial charge on any atom is -0.507 e. The standard InChI is InChI=1S/C27H25NO5/c1-16-6-5-7-19(14-16)28-24(18-8-10-20(32-3)11-9-18)23(26(30)27(28)31)25(29)22-13-12-21(33-4)15-17(22)2/h5-15,24,29H,1-4H3/b25-23-. The molecule has 1 unspecified atom stereocenters. The third-order valence-electron chi connectivity index (χ3n) is 5.84. The lowest BCUT2D eigenvalue weighted by atomic mass is 9.93. The monoisotopic (exact) mass is 443 g/mol. The molecule has 0 bridgehead atoms. The van der Waals surface area contributed by atoms with E-state index >= 15 is 0 Å². The second-order valence-corrected chi connectivity index (χ2v) is 7.96. The molecule has 0 spiro atoms. The predicted octanol–water partition coefficient (Wildman–Crippen LogP) is 4.95. The van der Waals surface area contributed by atoms with Crippen molar-refractivity contribution >= 4 is 23.1 Å². The fourth-order valence-corrected chi connectivity index (χ4v) is 4.15. The number of nitrogens with zero attached hydrogens (tertiary/aromatic N) is 1. The van der Waals surface area contributed by atoms with Gasteiger partial charge in [-0.3, -0.25) is 14.5 Å². The summed E-state index contributed by atoms with van der Waals surface area (Å²) >= 11 is 0. The van der Waals surface area contributed by atoms with Crippen molar-refractivity contribution in [2.45, 2.75) is 19.9 Å². The molecule has 1 atom stereocenters. The van der Waals surface area contributed by atoms with Gasteiger partial charge in [0, 0.05) is 11.3 Å². The van der Waals surface area contributed by atoms with Gasteiger partial charge in [0.2, 0.25) is 0 Å². The zero-order valence-corrected chi connectivity index (χ0v) is 19.0. The van der Waals surface area contributed by atoms with Crippen molar-refractivity contribution in [2.75, 3.05) is 19.1 Å². The smallest absolute Gasteiger partial charge is 0.300 e. The Morgan fingerprint density at radius 2 is 1.55 bits per heavy atom. The van der Waals surface area contributed by atoms with Crippen LogP contribution in [0.1, 0.15) is 28.3 Å². The van der Waals surface area contributed by atoms with E-state index in [-0.39, 0.29) is 11.3 Å². The molecule has 33 heavy (non-hydrogen) atoms. The first-order chi connectivity index (χ1) is 15.8. The van der Waals surface area contributed by atoms with Crippen molar-refractivity contribution in [1.29, 1.82) is 0 Å². The Kier molecular flexibility index (Phi) is 5.92. The average Bonchev–Trinajstić information content (AvgIpc) is 3.09. The van der Waals surface area contributed by atoms with E-state index in [0.717, 1.165) is 11.1 Å². The van der Waals surface area contributed by atoms with Gasteiger partial charge in [-0.25, -0.2) is 0 Å². The number of aliphatic hydroxyl groups is 1. The van der Waals surface area contributed by atoms with Crippen LogP contribution in [-0.4, -0.2) is 31.0 Å². The lowest BCUT2D eigenvalue weighted by Crippen LogP contribution is -2.29. The van der Waals surface area contributed by atoms with Crippen LogP contribution in [0.5, 0.6) is 11.5 Å². The zero-order chi connectivity index (χ0) is 23.7. The highest BCUT2D eigenvalue weighted by Crippen LogP contribution is 2.43. The van der Waals surface area contributed by atoms with E-state index in [9.17, 15) is 14.7 Å². The van der Waals surface area contributed by atoms with Crippen molar-refractivity contribution in [3.05, 3.63) is 94.6 Å². The molecule has 1 heterocycles. The molecule has 6 nitrogen and oxygen atoms in total. The summed E-state index contributed by atoms with van der Waals surface area (Å²) in [4.78, 5) is 28.0. The number of hydrogen-bond donors (Lipinski definition) is 1. The minimum atomic E-state index is -0.792. The molecule has 3 aromatic rings. The van der Waals surface area contributed by atoms with Gasteiger partial charge in [0.25, 0.3) is 11.7 Å². The molecule has 1 aliphatic heterocycles. The van der Waals surface area contributed by atoms with Gasteiger partial charge in [0.05, 0.1) is 25.8 Å². The molecule has 0 saturated carbocycles. The van der Waals surface area contributed by atoms with Crippen molar-refractivity contribution in [1.82, 2.24) is 0 Å². The van der Waals surface area contributed by atoms with Gasteiger partial charge in [-0.15, -0.1) is 0 Å². The Labute approximate surface area is 192 Å². The lowest BCUT2D eigenvalue weighted by Gasteiger charge is -2.26. The average molecular weight is 443 g/mol. The topological polar surface area (TPSA) is 76.1 Å². The molecule has 4 rings (SSSR count). The van der Waals surface area contributed by atoms with E-state index in [1.807, 2.05) is 32.0 Å². The van der Waals surface area contributed by atoms with E-state index in [1.165, 1.54) is 4.90 Å². The predicted molar refractivity (Wildman–Crippen MR) is 127 cm³/mol. The van der Waals surface area contributed by atoms with Gasteiger partial charge >= 0.3 is 0 Å². The second kappa shape index (κ2) is 8.82. The maximum absolute atomic E-state index is 13.3. The normalized spacial score (nSPS) is 17.3. The van der Waals surface area contributed by atoms with Gasteiger partial charge in [-0.2, -0.15) is 0 Å². The third kappa shape index (κ3) is 3.96. The number of methoxy groups -OCH3 is 2. The van der Waals surface area contributed by atoms with E-state index in [4.69, 9.17) is 9.47 Å². The molecule has 1 N–H and O–H groups in total. The van der Waals surface area contributed by atoms with E-state index in [0.29, 0.717) is 28.3 Å². The number of amides is 1. The molecule has 6 heteroatoms. The highest BCUT2D eigenvalue weighted by atomic mass is 16.5. The van der Waals surface area contributed by atoms with Crippen LogP contribution in [0.3, 0.4) is 0 Å². The molecule has 3 aromatic carbocycles.